The minimum atomic E-state index is -0.246. The first-order chi connectivity index (χ1) is 14.7. The number of nitrogens with zero attached hydrogens (tertiary/aromatic N) is 2. The highest BCUT2D eigenvalue weighted by molar-refractivity contribution is 6.30. The van der Waals surface area contributed by atoms with Crippen molar-refractivity contribution in [1.29, 1.82) is 0 Å². The molecule has 0 spiro atoms. The van der Waals surface area contributed by atoms with E-state index in [1.54, 1.807) is 7.11 Å². The number of aromatic nitrogens is 2. The van der Waals surface area contributed by atoms with E-state index < -0.39 is 0 Å². The van der Waals surface area contributed by atoms with E-state index in [0.717, 1.165) is 28.4 Å². The van der Waals surface area contributed by atoms with E-state index in [9.17, 15) is 0 Å². The summed E-state index contributed by atoms with van der Waals surface area (Å²) in [5, 5.41) is 0.677. The third kappa shape index (κ3) is 4.36. The number of hydrogen-bond donors (Lipinski definition) is 0. The fourth-order valence-electron chi connectivity index (χ4n) is 3.39. The molecule has 4 rings (SSSR count). The molecule has 6 heteroatoms. The predicted molar refractivity (Wildman–Crippen MR) is 119 cm³/mol. The number of fused-ring (bicyclic) bond motifs is 1. The van der Waals surface area contributed by atoms with Gasteiger partial charge in [-0.05, 0) is 55.5 Å². The van der Waals surface area contributed by atoms with E-state index in [0.29, 0.717) is 23.9 Å². The summed E-state index contributed by atoms with van der Waals surface area (Å²) in [6.45, 7) is 3.09. The molecule has 0 radical (unpaired) electrons. The number of hydrogen-bond acceptors (Lipinski definition) is 4. The van der Waals surface area contributed by atoms with Gasteiger partial charge in [-0.2, -0.15) is 0 Å². The Bertz CT molecular complexity index is 1120. The molecule has 0 aliphatic heterocycles. The second-order valence-corrected chi connectivity index (χ2v) is 7.26. The highest BCUT2D eigenvalue weighted by Crippen LogP contribution is 2.28. The van der Waals surface area contributed by atoms with Crippen molar-refractivity contribution in [2.45, 2.75) is 19.6 Å². The van der Waals surface area contributed by atoms with Crippen molar-refractivity contribution in [3.05, 3.63) is 83.6 Å². The SMILES string of the molecule is COc1ccccc1OCCn1c(C(C)Oc2ccc(Cl)cc2)nc2ccccc21. The molecule has 0 aliphatic rings. The van der Waals surface area contributed by atoms with Crippen LogP contribution in [0.1, 0.15) is 18.9 Å². The van der Waals surface area contributed by atoms with E-state index >= 15 is 0 Å². The van der Waals surface area contributed by atoms with Crippen LogP contribution in [0.2, 0.25) is 5.02 Å². The maximum Gasteiger partial charge on any atom is 0.161 e. The van der Waals surface area contributed by atoms with Gasteiger partial charge in [-0.25, -0.2) is 4.98 Å². The average molecular weight is 423 g/mol. The second kappa shape index (κ2) is 9.09. The summed E-state index contributed by atoms with van der Waals surface area (Å²) in [6.07, 6.45) is -0.246. The van der Waals surface area contributed by atoms with E-state index in [-0.39, 0.29) is 6.10 Å². The summed E-state index contributed by atoms with van der Waals surface area (Å²) in [5.74, 6) is 3.02. The molecule has 1 unspecified atom stereocenters. The molecule has 4 aromatic rings. The molecule has 0 bridgehead atoms. The molecule has 30 heavy (non-hydrogen) atoms. The molecular weight excluding hydrogens is 400 g/mol. The molecule has 0 fully saturated rings. The summed E-state index contributed by atoms with van der Waals surface area (Å²) in [4.78, 5) is 4.82. The van der Waals surface area contributed by atoms with Gasteiger partial charge in [0.25, 0.3) is 0 Å². The quantitative estimate of drug-likeness (QED) is 0.353. The van der Waals surface area contributed by atoms with Crippen LogP contribution in [0, 0.1) is 0 Å². The summed E-state index contributed by atoms with van der Waals surface area (Å²) < 4.78 is 19.6. The molecule has 0 amide bonds. The van der Waals surface area contributed by atoms with Crippen molar-refractivity contribution in [1.82, 2.24) is 9.55 Å². The molecule has 0 aliphatic carbocycles. The predicted octanol–water partition coefficient (Wildman–Crippen LogP) is 5.92. The first-order valence-electron chi connectivity index (χ1n) is 9.79. The van der Waals surface area contributed by atoms with Gasteiger partial charge in [-0.3, -0.25) is 0 Å². The van der Waals surface area contributed by atoms with Crippen LogP contribution in [0.15, 0.2) is 72.8 Å². The summed E-state index contributed by atoms with van der Waals surface area (Å²) in [7, 11) is 1.64. The molecule has 5 nitrogen and oxygen atoms in total. The molecule has 0 N–H and O–H groups in total. The zero-order chi connectivity index (χ0) is 20.9. The minimum Gasteiger partial charge on any atom is -0.493 e. The Hall–Kier alpha value is -3.18. The van der Waals surface area contributed by atoms with Crippen LogP contribution in [-0.2, 0) is 6.54 Å². The maximum absolute atomic E-state index is 6.12. The van der Waals surface area contributed by atoms with Gasteiger partial charge < -0.3 is 18.8 Å². The molecule has 0 saturated carbocycles. The monoisotopic (exact) mass is 422 g/mol. The fraction of sp³-hybridized carbons (Fsp3) is 0.208. The number of methoxy groups -OCH3 is 1. The van der Waals surface area contributed by atoms with Gasteiger partial charge in [0.15, 0.2) is 23.4 Å². The molecule has 1 heterocycles. The number of halogens is 1. The summed E-state index contributed by atoms with van der Waals surface area (Å²) in [6, 6.07) is 23.0. The zero-order valence-electron chi connectivity index (χ0n) is 16.9. The van der Waals surface area contributed by atoms with Crippen molar-refractivity contribution in [3.63, 3.8) is 0 Å². The van der Waals surface area contributed by atoms with Crippen LogP contribution in [0.4, 0.5) is 0 Å². The van der Waals surface area contributed by atoms with Gasteiger partial charge in [0.2, 0.25) is 0 Å². The van der Waals surface area contributed by atoms with E-state index in [4.69, 9.17) is 30.8 Å². The van der Waals surface area contributed by atoms with Crippen LogP contribution in [0.25, 0.3) is 11.0 Å². The lowest BCUT2D eigenvalue weighted by Crippen LogP contribution is -2.15. The number of benzene rings is 3. The van der Waals surface area contributed by atoms with E-state index in [1.807, 2.05) is 73.7 Å². The van der Waals surface area contributed by atoms with Crippen molar-refractivity contribution in [2.24, 2.45) is 0 Å². The normalized spacial score (nSPS) is 12.0. The number of imidazole rings is 1. The lowest BCUT2D eigenvalue weighted by molar-refractivity contribution is 0.207. The van der Waals surface area contributed by atoms with Crippen molar-refractivity contribution in [3.8, 4) is 17.2 Å². The molecule has 1 aromatic heterocycles. The third-order valence-electron chi connectivity index (χ3n) is 4.82. The minimum absolute atomic E-state index is 0.246. The lowest BCUT2D eigenvalue weighted by atomic mass is 10.3. The standard InChI is InChI=1S/C24H23ClN2O3/c1-17(30-19-13-11-18(25)12-14-19)24-26-20-7-3-4-8-21(20)27(24)15-16-29-23-10-6-5-9-22(23)28-2/h3-14,17H,15-16H2,1-2H3. The van der Waals surface area contributed by atoms with Crippen LogP contribution in [0.3, 0.4) is 0 Å². The van der Waals surface area contributed by atoms with Gasteiger partial charge in [0, 0.05) is 5.02 Å². The van der Waals surface area contributed by atoms with Crippen LogP contribution < -0.4 is 14.2 Å². The van der Waals surface area contributed by atoms with E-state index in [1.165, 1.54) is 0 Å². The fourth-order valence-corrected chi connectivity index (χ4v) is 3.52. The van der Waals surface area contributed by atoms with Crippen molar-refractivity contribution in [2.75, 3.05) is 13.7 Å². The number of para-hydroxylation sites is 4. The topological polar surface area (TPSA) is 45.5 Å². The Kier molecular flexibility index (Phi) is 6.10. The first kappa shape index (κ1) is 20.1. The lowest BCUT2D eigenvalue weighted by Gasteiger charge is -2.17. The van der Waals surface area contributed by atoms with Gasteiger partial charge in [-0.15, -0.1) is 0 Å². The van der Waals surface area contributed by atoms with Gasteiger partial charge >= 0.3 is 0 Å². The molecule has 0 saturated heterocycles. The Labute approximate surface area is 180 Å². The number of ether oxygens (including phenoxy) is 3. The van der Waals surface area contributed by atoms with Crippen molar-refractivity contribution >= 4 is 22.6 Å². The van der Waals surface area contributed by atoms with Gasteiger partial charge in [-0.1, -0.05) is 35.9 Å². The smallest absolute Gasteiger partial charge is 0.161 e. The van der Waals surface area contributed by atoms with Crippen LogP contribution in [-0.4, -0.2) is 23.3 Å². The van der Waals surface area contributed by atoms with Crippen molar-refractivity contribution < 1.29 is 14.2 Å². The van der Waals surface area contributed by atoms with Crippen LogP contribution in [0.5, 0.6) is 17.2 Å². The average Bonchev–Trinajstić information content (AvgIpc) is 3.14. The molecule has 3 aromatic carbocycles. The molecule has 1 atom stereocenters. The first-order valence-corrected chi connectivity index (χ1v) is 10.2. The Balaban J connectivity index is 1.56. The zero-order valence-corrected chi connectivity index (χ0v) is 17.7. The Morgan fingerprint density at radius 1 is 0.933 bits per heavy atom. The van der Waals surface area contributed by atoms with E-state index in [2.05, 4.69) is 10.6 Å². The molecule has 154 valence electrons. The largest absolute Gasteiger partial charge is 0.493 e. The third-order valence-corrected chi connectivity index (χ3v) is 5.07. The van der Waals surface area contributed by atoms with Crippen LogP contribution >= 0.6 is 11.6 Å². The highest BCUT2D eigenvalue weighted by Gasteiger charge is 2.18. The highest BCUT2D eigenvalue weighted by atomic mass is 35.5. The van der Waals surface area contributed by atoms with Gasteiger partial charge in [0.1, 0.15) is 12.4 Å². The Morgan fingerprint density at radius 2 is 1.63 bits per heavy atom. The Morgan fingerprint density at radius 3 is 2.40 bits per heavy atom. The van der Waals surface area contributed by atoms with Gasteiger partial charge in [0.05, 0.1) is 24.7 Å². The molecular formula is C24H23ClN2O3. The summed E-state index contributed by atoms with van der Waals surface area (Å²) in [5.41, 5.74) is 1.97. The number of rotatable bonds is 8. The summed E-state index contributed by atoms with van der Waals surface area (Å²) >= 11 is 5.98. The second-order valence-electron chi connectivity index (χ2n) is 6.82. The maximum atomic E-state index is 6.12.